The number of thiocarbonyl (C=S) groups is 1. The minimum absolute atomic E-state index is 0.372. The van der Waals surface area contributed by atoms with E-state index in [9.17, 15) is 0 Å². The van der Waals surface area contributed by atoms with Crippen LogP contribution in [0.1, 0.15) is 11.3 Å². The number of furan rings is 1. The lowest BCUT2D eigenvalue weighted by Gasteiger charge is -2.11. The first-order valence-corrected chi connectivity index (χ1v) is 6.38. The van der Waals surface area contributed by atoms with E-state index in [0.717, 1.165) is 17.0 Å². The van der Waals surface area contributed by atoms with Gasteiger partial charge in [-0.05, 0) is 49.0 Å². The molecule has 0 atom stereocenters. The molecule has 0 bridgehead atoms. The molecule has 1 aromatic heterocycles. The third-order valence-electron chi connectivity index (χ3n) is 2.50. The molecule has 0 spiro atoms. The van der Waals surface area contributed by atoms with E-state index >= 15 is 0 Å². The highest BCUT2D eigenvalue weighted by Gasteiger charge is 2.04. The molecule has 0 aliphatic rings. The van der Waals surface area contributed by atoms with E-state index in [4.69, 9.17) is 21.4 Å². The van der Waals surface area contributed by atoms with Crippen LogP contribution in [0.3, 0.4) is 0 Å². The van der Waals surface area contributed by atoms with E-state index in [1.54, 1.807) is 31.7 Å². The Morgan fingerprint density at radius 1 is 1.40 bits per heavy atom. The average Bonchev–Trinajstić information content (AvgIpc) is 2.92. The molecule has 2 rings (SSSR count). The van der Waals surface area contributed by atoms with Gasteiger partial charge in [-0.2, -0.15) is 5.10 Å². The number of anilines is 1. The topological polar surface area (TPSA) is 58.8 Å². The standard InChI is InChI=1S/C14H15N3O2S/c1-10-5-6-13(18-2)12(8-10)16-14(20)17-15-9-11-4-3-7-19-11/h3-9H,1-2H3,(H2,16,17,20)/b15-9+. The van der Waals surface area contributed by atoms with Crippen molar-refractivity contribution in [3.63, 3.8) is 0 Å². The molecule has 0 saturated carbocycles. The maximum absolute atomic E-state index is 5.26. The van der Waals surface area contributed by atoms with Crippen LogP contribution in [0.4, 0.5) is 5.69 Å². The Labute approximate surface area is 122 Å². The van der Waals surface area contributed by atoms with Crippen molar-refractivity contribution < 1.29 is 9.15 Å². The highest BCUT2D eigenvalue weighted by Crippen LogP contribution is 2.24. The van der Waals surface area contributed by atoms with Crippen molar-refractivity contribution in [2.45, 2.75) is 6.92 Å². The summed E-state index contributed by atoms with van der Waals surface area (Å²) in [6.45, 7) is 2.00. The van der Waals surface area contributed by atoms with E-state index < -0.39 is 0 Å². The average molecular weight is 289 g/mol. The van der Waals surface area contributed by atoms with Gasteiger partial charge in [-0.25, -0.2) is 0 Å². The van der Waals surface area contributed by atoms with Crippen LogP contribution in [0.2, 0.25) is 0 Å². The maximum Gasteiger partial charge on any atom is 0.191 e. The normalized spacial score (nSPS) is 10.5. The van der Waals surface area contributed by atoms with Gasteiger partial charge in [-0.15, -0.1) is 0 Å². The second kappa shape index (κ2) is 6.72. The van der Waals surface area contributed by atoms with Crippen LogP contribution in [0.5, 0.6) is 5.75 Å². The Kier molecular flexibility index (Phi) is 4.73. The summed E-state index contributed by atoms with van der Waals surface area (Å²) < 4.78 is 10.4. The lowest BCUT2D eigenvalue weighted by molar-refractivity contribution is 0.417. The fourth-order valence-corrected chi connectivity index (χ4v) is 1.75. The van der Waals surface area contributed by atoms with Gasteiger partial charge >= 0.3 is 0 Å². The number of rotatable bonds is 4. The molecule has 0 amide bonds. The number of benzene rings is 1. The number of aryl methyl sites for hydroxylation is 1. The number of ether oxygens (including phenoxy) is 1. The smallest absolute Gasteiger partial charge is 0.191 e. The maximum atomic E-state index is 5.26. The van der Waals surface area contributed by atoms with Crippen LogP contribution >= 0.6 is 12.2 Å². The first-order valence-electron chi connectivity index (χ1n) is 5.97. The van der Waals surface area contributed by atoms with E-state index in [-0.39, 0.29) is 0 Å². The van der Waals surface area contributed by atoms with Crippen molar-refractivity contribution in [2.24, 2.45) is 5.10 Å². The molecule has 0 fully saturated rings. The van der Waals surface area contributed by atoms with Gasteiger partial charge in [0, 0.05) is 0 Å². The van der Waals surface area contributed by atoms with Crippen molar-refractivity contribution >= 4 is 29.2 Å². The molecular weight excluding hydrogens is 274 g/mol. The summed E-state index contributed by atoms with van der Waals surface area (Å²) in [5.41, 5.74) is 4.61. The predicted octanol–water partition coefficient (Wildman–Crippen LogP) is 2.92. The zero-order valence-corrected chi connectivity index (χ0v) is 12.0. The van der Waals surface area contributed by atoms with Crippen molar-refractivity contribution in [3.05, 3.63) is 47.9 Å². The number of nitrogens with one attached hydrogen (secondary N) is 2. The quantitative estimate of drug-likeness (QED) is 0.515. The molecule has 2 aromatic rings. The molecule has 0 aliphatic heterocycles. The number of hydrogen-bond acceptors (Lipinski definition) is 4. The lowest BCUT2D eigenvalue weighted by Crippen LogP contribution is -2.24. The van der Waals surface area contributed by atoms with E-state index in [1.807, 2.05) is 25.1 Å². The van der Waals surface area contributed by atoms with Crippen LogP contribution in [0.25, 0.3) is 0 Å². The molecular formula is C14H15N3O2S. The Morgan fingerprint density at radius 2 is 2.25 bits per heavy atom. The molecule has 2 N–H and O–H groups in total. The second-order valence-corrected chi connectivity index (χ2v) is 4.45. The number of hydrazone groups is 1. The Balaban J connectivity index is 1.96. The van der Waals surface area contributed by atoms with Gasteiger partial charge in [0.05, 0.1) is 25.3 Å². The van der Waals surface area contributed by atoms with Gasteiger partial charge in [0.15, 0.2) is 5.11 Å². The summed E-state index contributed by atoms with van der Waals surface area (Å²) in [6, 6.07) is 9.38. The first kappa shape index (κ1) is 14.1. The third-order valence-corrected chi connectivity index (χ3v) is 2.70. The van der Waals surface area contributed by atoms with Crippen LogP contribution in [-0.4, -0.2) is 18.4 Å². The SMILES string of the molecule is COc1ccc(C)cc1NC(=S)N/N=C/c1ccco1. The summed E-state index contributed by atoms with van der Waals surface area (Å²) in [7, 11) is 1.61. The van der Waals surface area contributed by atoms with Gasteiger partial charge in [-0.1, -0.05) is 6.07 Å². The fraction of sp³-hybridized carbons (Fsp3) is 0.143. The Bertz CT molecular complexity index is 609. The zero-order chi connectivity index (χ0) is 14.4. The molecule has 20 heavy (non-hydrogen) atoms. The molecule has 0 radical (unpaired) electrons. The third kappa shape index (κ3) is 3.83. The van der Waals surface area contributed by atoms with Crippen molar-refractivity contribution in [1.82, 2.24) is 5.43 Å². The number of methoxy groups -OCH3 is 1. The van der Waals surface area contributed by atoms with Crippen LogP contribution in [0.15, 0.2) is 46.1 Å². The largest absolute Gasteiger partial charge is 0.495 e. The Hall–Kier alpha value is -2.34. The van der Waals surface area contributed by atoms with E-state index in [0.29, 0.717) is 10.9 Å². The van der Waals surface area contributed by atoms with Crippen molar-refractivity contribution in [2.75, 3.05) is 12.4 Å². The zero-order valence-electron chi connectivity index (χ0n) is 11.2. The van der Waals surface area contributed by atoms with Crippen LogP contribution < -0.4 is 15.5 Å². The van der Waals surface area contributed by atoms with Crippen molar-refractivity contribution in [3.8, 4) is 5.75 Å². The summed E-state index contributed by atoms with van der Waals surface area (Å²) in [5, 5.41) is 7.38. The summed E-state index contributed by atoms with van der Waals surface area (Å²) in [6.07, 6.45) is 3.12. The summed E-state index contributed by atoms with van der Waals surface area (Å²) >= 11 is 5.16. The molecule has 1 heterocycles. The van der Waals surface area contributed by atoms with E-state index in [2.05, 4.69) is 15.8 Å². The van der Waals surface area contributed by atoms with Crippen LogP contribution in [0, 0.1) is 6.92 Å². The lowest BCUT2D eigenvalue weighted by atomic mass is 10.2. The Morgan fingerprint density at radius 3 is 2.95 bits per heavy atom. The van der Waals surface area contributed by atoms with Gasteiger partial charge in [0.25, 0.3) is 0 Å². The number of hydrogen-bond donors (Lipinski definition) is 2. The fourth-order valence-electron chi connectivity index (χ4n) is 1.59. The van der Waals surface area contributed by atoms with E-state index in [1.165, 1.54) is 0 Å². The van der Waals surface area contributed by atoms with Crippen molar-refractivity contribution in [1.29, 1.82) is 0 Å². The number of nitrogens with zero attached hydrogens (tertiary/aromatic N) is 1. The first-order chi connectivity index (χ1) is 9.69. The molecule has 1 aromatic carbocycles. The predicted molar refractivity (Wildman–Crippen MR) is 83.4 cm³/mol. The minimum Gasteiger partial charge on any atom is -0.495 e. The molecule has 0 aliphatic carbocycles. The highest BCUT2D eigenvalue weighted by molar-refractivity contribution is 7.80. The van der Waals surface area contributed by atoms with Gasteiger partial charge in [-0.3, -0.25) is 5.43 Å². The molecule has 5 nitrogen and oxygen atoms in total. The molecule has 0 saturated heterocycles. The monoisotopic (exact) mass is 289 g/mol. The molecule has 6 heteroatoms. The molecule has 104 valence electrons. The second-order valence-electron chi connectivity index (χ2n) is 4.04. The van der Waals surface area contributed by atoms with Gasteiger partial charge in [0.1, 0.15) is 11.5 Å². The van der Waals surface area contributed by atoms with Crippen LogP contribution in [-0.2, 0) is 0 Å². The minimum atomic E-state index is 0.372. The summed E-state index contributed by atoms with van der Waals surface area (Å²) in [4.78, 5) is 0. The highest BCUT2D eigenvalue weighted by atomic mass is 32.1. The van der Waals surface area contributed by atoms with Gasteiger partial charge < -0.3 is 14.5 Å². The molecule has 0 unspecified atom stereocenters. The van der Waals surface area contributed by atoms with Gasteiger partial charge in [0.2, 0.25) is 0 Å². The summed E-state index contributed by atoms with van der Waals surface area (Å²) in [5.74, 6) is 1.36.